The van der Waals surface area contributed by atoms with Crippen LogP contribution in [0.25, 0.3) is 22.2 Å². The smallest absolute Gasteiger partial charge is 0.0946 e. The molecule has 1 aromatic rings. The Balaban J connectivity index is 2.43. The Hall–Kier alpha value is -1.83. The van der Waals surface area contributed by atoms with Crippen molar-refractivity contribution < 1.29 is 0 Å². The Labute approximate surface area is 107 Å². The normalized spacial score (nSPS) is 11.5. The lowest BCUT2D eigenvalue weighted by atomic mass is 10.0. The van der Waals surface area contributed by atoms with Crippen LogP contribution < -0.4 is 0 Å². The Morgan fingerprint density at radius 2 is 2.00 bits per heavy atom. The minimum atomic E-state index is 1.11. The maximum Gasteiger partial charge on any atom is 0.0946 e. The molecule has 2 heteroatoms. The summed E-state index contributed by atoms with van der Waals surface area (Å²) in [4.78, 5) is 8.01. The fourth-order valence-corrected chi connectivity index (χ4v) is 2.70. The van der Waals surface area contributed by atoms with Gasteiger partial charge in [0, 0.05) is 23.3 Å². The summed E-state index contributed by atoms with van der Waals surface area (Å²) in [6.45, 7) is 6.46. The van der Waals surface area contributed by atoms with Crippen molar-refractivity contribution in [2.24, 2.45) is 0 Å². The molecule has 0 unspecified atom stereocenters. The lowest BCUT2D eigenvalue weighted by Crippen LogP contribution is -1.88. The molecule has 0 saturated heterocycles. The molecule has 1 aliphatic carbocycles. The molecule has 1 N–H and O–H groups in total. The number of aromatic nitrogens is 2. The molecule has 0 saturated carbocycles. The minimum absolute atomic E-state index is 1.11. The summed E-state index contributed by atoms with van der Waals surface area (Å²) < 4.78 is 0. The van der Waals surface area contributed by atoms with E-state index in [4.69, 9.17) is 0 Å². The number of hydrogen-bond donors (Lipinski definition) is 1. The molecule has 18 heavy (non-hydrogen) atoms. The molecule has 0 radical (unpaired) electrons. The van der Waals surface area contributed by atoms with E-state index in [0.29, 0.717) is 0 Å². The zero-order valence-electron chi connectivity index (χ0n) is 11.2. The molecule has 0 spiro atoms. The summed E-state index contributed by atoms with van der Waals surface area (Å²) in [6.07, 6.45) is 6.28. The van der Waals surface area contributed by atoms with Crippen molar-refractivity contribution in [1.82, 2.24) is 9.97 Å². The summed E-state index contributed by atoms with van der Waals surface area (Å²) >= 11 is 0. The second-order valence-corrected chi connectivity index (χ2v) is 5.10. The van der Waals surface area contributed by atoms with E-state index in [1.807, 2.05) is 6.20 Å². The number of aromatic amines is 1. The Morgan fingerprint density at radius 3 is 2.78 bits per heavy atom. The van der Waals surface area contributed by atoms with Gasteiger partial charge in [-0.1, -0.05) is 13.3 Å². The van der Waals surface area contributed by atoms with Gasteiger partial charge in [-0.05, 0) is 49.1 Å². The highest BCUT2D eigenvalue weighted by molar-refractivity contribution is 6.02. The van der Waals surface area contributed by atoms with Crippen LogP contribution in [-0.4, -0.2) is 9.97 Å². The van der Waals surface area contributed by atoms with Crippen molar-refractivity contribution in [3.63, 3.8) is 0 Å². The molecule has 1 aromatic heterocycles. The van der Waals surface area contributed by atoms with Crippen LogP contribution in [0.1, 0.15) is 30.0 Å². The fraction of sp³-hybridized carbons (Fsp3) is 0.312. The number of hydrogen-bond acceptors (Lipinski definition) is 1. The Kier molecular flexibility index (Phi) is 2.58. The molecule has 2 heterocycles. The number of fused-ring (bicyclic) bond motifs is 3. The monoisotopic (exact) mass is 238 g/mol. The number of pyridine rings is 2. The van der Waals surface area contributed by atoms with Crippen LogP contribution in [0.15, 0.2) is 24.5 Å². The van der Waals surface area contributed by atoms with Crippen molar-refractivity contribution in [3.05, 3.63) is 41.2 Å². The fourth-order valence-electron chi connectivity index (χ4n) is 2.70. The Morgan fingerprint density at radius 1 is 1.17 bits per heavy atom. The summed E-state index contributed by atoms with van der Waals surface area (Å²) in [6, 6.07) is 4.53. The van der Waals surface area contributed by atoms with E-state index in [0.717, 1.165) is 18.4 Å². The zero-order chi connectivity index (χ0) is 12.7. The first-order valence-electron chi connectivity index (χ1n) is 6.56. The minimum Gasteiger partial charge on any atom is -0.359 e. The first-order valence-corrected chi connectivity index (χ1v) is 6.56. The van der Waals surface area contributed by atoms with Gasteiger partial charge in [0.05, 0.1) is 11.2 Å². The van der Waals surface area contributed by atoms with E-state index in [9.17, 15) is 0 Å². The van der Waals surface area contributed by atoms with Gasteiger partial charge in [-0.3, -0.25) is 4.98 Å². The summed E-state index contributed by atoms with van der Waals surface area (Å²) in [7, 11) is 0. The van der Waals surface area contributed by atoms with Crippen molar-refractivity contribution in [1.29, 1.82) is 0 Å². The van der Waals surface area contributed by atoms with E-state index in [1.54, 1.807) is 0 Å². The second-order valence-electron chi connectivity index (χ2n) is 5.10. The molecule has 0 fully saturated rings. The molecular weight excluding hydrogens is 220 g/mol. The van der Waals surface area contributed by atoms with Gasteiger partial charge >= 0.3 is 0 Å². The summed E-state index contributed by atoms with van der Waals surface area (Å²) in [5, 5.41) is 1.31. The first kappa shape index (κ1) is 11.3. The number of H-pyrrole nitrogens is 1. The average Bonchev–Trinajstić information content (AvgIpc) is 2.63. The quantitative estimate of drug-likeness (QED) is 0.710. The highest BCUT2D eigenvalue weighted by atomic mass is 14.8. The second kappa shape index (κ2) is 4.13. The van der Waals surface area contributed by atoms with Crippen LogP contribution in [0.2, 0.25) is 0 Å². The molecule has 0 aromatic carbocycles. The van der Waals surface area contributed by atoms with E-state index in [2.05, 4.69) is 49.1 Å². The van der Waals surface area contributed by atoms with Crippen LogP contribution in [0.3, 0.4) is 0 Å². The van der Waals surface area contributed by atoms with Gasteiger partial charge in [0.15, 0.2) is 0 Å². The molecule has 3 rings (SSSR count). The largest absolute Gasteiger partial charge is 0.359 e. The molecular formula is C16H18N2. The topological polar surface area (TPSA) is 28.7 Å². The van der Waals surface area contributed by atoms with Gasteiger partial charge in [0.2, 0.25) is 0 Å². The molecule has 1 aliphatic heterocycles. The van der Waals surface area contributed by atoms with Crippen LogP contribution in [0, 0.1) is 13.8 Å². The third-order valence-electron chi connectivity index (χ3n) is 3.50. The van der Waals surface area contributed by atoms with Gasteiger partial charge in [-0.2, -0.15) is 0 Å². The van der Waals surface area contributed by atoms with Crippen molar-refractivity contribution >= 4 is 10.9 Å². The van der Waals surface area contributed by atoms with Crippen LogP contribution in [-0.2, 0) is 6.42 Å². The van der Waals surface area contributed by atoms with E-state index in [1.165, 1.54) is 33.3 Å². The predicted octanol–water partition coefficient (Wildman–Crippen LogP) is 4.24. The third kappa shape index (κ3) is 1.60. The van der Waals surface area contributed by atoms with Crippen molar-refractivity contribution in [2.75, 3.05) is 0 Å². The lowest BCUT2D eigenvalue weighted by Gasteiger charge is -2.04. The highest BCUT2D eigenvalue weighted by Gasteiger charge is 2.18. The molecule has 2 nitrogen and oxygen atoms in total. The van der Waals surface area contributed by atoms with Crippen LogP contribution in [0.4, 0.5) is 0 Å². The number of aryl methyl sites for hydroxylation is 3. The SMILES string of the molecule is CCCc1c2cc(C)c[nH]c-2c2ncc(C)cc12. The molecule has 92 valence electrons. The van der Waals surface area contributed by atoms with Gasteiger partial charge in [0.1, 0.15) is 0 Å². The van der Waals surface area contributed by atoms with E-state index >= 15 is 0 Å². The van der Waals surface area contributed by atoms with Gasteiger partial charge in [-0.15, -0.1) is 0 Å². The Bertz CT molecular complexity index is 679. The number of nitrogens with one attached hydrogen (secondary N) is 1. The molecule has 0 bridgehead atoms. The summed E-state index contributed by atoms with van der Waals surface area (Å²) in [5.74, 6) is 0. The number of rotatable bonds is 2. The molecule has 2 aliphatic rings. The van der Waals surface area contributed by atoms with Gasteiger partial charge < -0.3 is 4.98 Å². The molecule has 0 amide bonds. The lowest BCUT2D eigenvalue weighted by molar-refractivity contribution is 0.932. The average molecular weight is 238 g/mol. The zero-order valence-corrected chi connectivity index (χ0v) is 11.2. The van der Waals surface area contributed by atoms with Gasteiger partial charge in [-0.25, -0.2) is 0 Å². The van der Waals surface area contributed by atoms with Crippen LogP contribution in [0.5, 0.6) is 0 Å². The maximum atomic E-state index is 4.61. The van der Waals surface area contributed by atoms with Crippen LogP contribution >= 0.6 is 0 Å². The maximum absolute atomic E-state index is 4.61. The predicted molar refractivity (Wildman–Crippen MR) is 76.2 cm³/mol. The third-order valence-corrected chi connectivity index (χ3v) is 3.50. The highest BCUT2D eigenvalue weighted by Crippen LogP contribution is 2.37. The standard InChI is InChI=1S/C16H18N2/c1-4-5-12-13-6-10(2)8-17-15(13)16-14(12)7-11(3)9-18-16/h6-9,17H,4-5H2,1-3H3. The van der Waals surface area contributed by atoms with Gasteiger partial charge in [0.25, 0.3) is 0 Å². The number of nitrogens with zero attached hydrogens (tertiary/aromatic N) is 1. The summed E-state index contributed by atoms with van der Waals surface area (Å²) in [5.41, 5.74) is 7.57. The van der Waals surface area contributed by atoms with Crippen molar-refractivity contribution in [3.8, 4) is 11.3 Å². The van der Waals surface area contributed by atoms with E-state index in [-0.39, 0.29) is 0 Å². The van der Waals surface area contributed by atoms with E-state index < -0.39 is 0 Å². The first-order chi connectivity index (χ1) is 8.70. The molecule has 0 atom stereocenters. The van der Waals surface area contributed by atoms with Crippen molar-refractivity contribution in [2.45, 2.75) is 33.6 Å².